The van der Waals surface area contributed by atoms with E-state index in [9.17, 15) is 4.79 Å². The van der Waals surface area contributed by atoms with Crippen LogP contribution in [-0.4, -0.2) is 56.8 Å². The number of ether oxygens (including phenoxy) is 2. The van der Waals surface area contributed by atoms with Crippen molar-refractivity contribution >= 4 is 5.91 Å². The van der Waals surface area contributed by atoms with Crippen LogP contribution in [0.2, 0.25) is 0 Å². The van der Waals surface area contributed by atoms with E-state index in [1.807, 2.05) is 36.2 Å². The van der Waals surface area contributed by atoms with Crippen molar-refractivity contribution < 1.29 is 14.3 Å². The van der Waals surface area contributed by atoms with Gasteiger partial charge in [-0.3, -0.25) is 4.79 Å². The van der Waals surface area contributed by atoms with Crippen molar-refractivity contribution in [2.24, 2.45) is 5.92 Å². The number of amides is 1. The maximum atomic E-state index is 12.5. The topological polar surface area (TPSA) is 50.8 Å². The van der Waals surface area contributed by atoms with E-state index < -0.39 is 0 Å². The number of carbonyl (C=O) groups excluding carboxylic acids is 1. The molecule has 2 saturated heterocycles. The van der Waals surface area contributed by atoms with Gasteiger partial charge in [0.2, 0.25) is 0 Å². The lowest BCUT2D eigenvalue weighted by molar-refractivity contribution is 0.0679. The van der Waals surface area contributed by atoms with Gasteiger partial charge in [-0.05, 0) is 63.0 Å². The number of nitrogens with one attached hydrogen (secondary N) is 1. The van der Waals surface area contributed by atoms with Crippen LogP contribution in [-0.2, 0) is 4.74 Å². The molecule has 2 heterocycles. The van der Waals surface area contributed by atoms with E-state index in [4.69, 9.17) is 9.47 Å². The molecule has 2 fully saturated rings. The minimum Gasteiger partial charge on any atom is -0.491 e. The van der Waals surface area contributed by atoms with Gasteiger partial charge in [-0.2, -0.15) is 0 Å². The van der Waals surface area contributed by atoms with Crippen LogP contribution in [0.4, 0.5) is 0 Å². The van der Waals surface area contributed by atoms with Crippen molar-refractivity contribution in [2.75, 3.05) is 39.9 Å². The highest BCUT2D eigenvalue weighted by Gasteiger charge is 2.26. The molecular formula is C18H26N2O3. The van der Waals surface area contributed by atoms with E-state index in [1.165, 1.54) is 0 Å². The van der Waals surface area contributed by atoms with Crippen molar-refractivity contribution in [3.8, 4) is 5.75 Å². The molecule has 5 heteroatoms. The van der Waals surface area contributed by atoms with Gasteiger partial charge in [0.1, 0.15) is 12.4 Å². The third-order valence-corrected chi connectivity index (χ3v) is 4.63. The number of hydrogen-bond donors (Lipinski definition) is 1. The molecule has 1 aromatic carbocycles. The number of benzene rings is 1. The zero-order chi connectivity index (χ0) is 16.1. The first-order valence-corrected chi connectivity index (χ1v) is 8.54. The fourth-order valence-corrected chi connectivity index (χ4v) is 3.31. The minimum atomic E-state index is 0.120. The molecule has 126 valence electrons. The predicted octanol–water partition coefficient (Wildman–Crippen LogP) is 1.93. The Bertz CT molecular complexity index is 512. The van der Waals surface area contributed by atoms with E-state index in [0.29, 0.717) is 12.5 Å². The van der Waals surface area contributed by atoms with E-state index in [-0.39, 0.29) is 12.0 Å². The highest BCUT2D eigenvalue weighted by Crippen LogP contribution is 2.20. The Kier molecular flexibility index (Phi) is 5.51. The quantitative estimate of drug-likeness (QED) is 0.871. The third kappa shape index (κ3) is 4.24. The number of likely N-dealkylation sites (tertiary alicyclic amines) is 1. The molecule has 0 radical (unpaired) electrons. The fraction of sp³-hybridized carbons (Fsp3) is 0.611. The summed E-state index contributed by atoms with van der Waals surface area (Å²) in [4.78, 5) is 14.5. The molecule has 0 aliphatic carbocycles. The van der Waals surface area contributed by atoms with Gasteiger partial charge in [-0.1, -0.05) is 0 Å². The average molecular weight is 318 g/mol. The van der Waals surface area contributed by atoms with Gasteiger partial charge in [-0.25, -0.2) is 0 Å². The SMILES string of the molecule is CNCC1CCN(C(=O)c2ccc(OCC3CCCO3)cc2)C1. The van der Waals surface area contributed by atoms with E-state index in [1.54, 1.807) is 0 Å². The molecule has 23 heavy (non-hydrogen) atoms. The molecule has 2 atom stereocenters. The molecule has 1 aromatic rings. The largest absolute Gasteiger partial charge is 0.491 e. The standard InChI is InChI=1S/C18H26N2O3/c1-19-11-14-8-9-20(12-14)18(21)15-4-6-16(7-5-15)23-13-17-3-2-10-22-17/h4-7,14,17,19H,2-3,8-13H2,1H3. The van der Waals surface area contributed by atoms with Gasteiger partial charge >= 0.3 is 0 Å². The third-order valence-electron chi connectivity index (χ3n) is 4.63. The first kappa shape index (κ1) is 16.3. The van der Waals surface area contributed by atoms with E-state index >= 15 is 0 Å². The molecule has 0 aromatic heterocycles. The smallest absolute Gasteiger partial charge is 0.253 e. The lowest BCUT2D eigenvalue weighted by atomic mass is 10.1. The van der Waals surface area contributed by atoms with Crippen LogP contribution in [0, 0.1) is 5.92 Å². The van der Waals surface area contributed by atoms with Crippen LogP contribution in [0.15, 0.2) is 24.3 Å². The summed E-state index contributed by atoms with van der Waals surface area (Å²) in [5.74, 6) is 1.48. The molecule has 3 rings (SSSR count). The lowest BCUT2D eigenvalue weighted by Crippen LogP contribution is -2.30. The fourth-order valence-electron chi connectivity index (χ4n) is 3.31. The summed E-state index contributed by atoms with van der Waals surface area (Å²) in [6.45, 7) is 4.09. The molecule has 1 amide bonds. The molecule has 5 nitrogen and oxygen atoms in total. The zero-order valence-corrected chi connectivity index (χ0v) is 13.8. The summed E-state index contributed by atoms with van der Waals surface area (Å²) in [6, 6.07) is 7.48. The average Bonchev–Trinajstić information content (AvgIpc) is 3.25. The van der Waals surface area contributed by atoms with Crippen LogP contribution in [0.1, 0.15) is 29.6 Å². The first-order valence-electron chi connectivity index (χ1n) is 8.54. The second-order valence-electron chi connectivity index (χ2n) is 6.43. The van der Waals surface area contributed by atoms with Crippen molar-refractivity contribution in [3.63, 3.8) is 0 Å². The summed E-state index contributed by atoms with van der Waals surface area (Å²) >= 11 is 0. The molecule has 2 aliphatic heterocycles. The molecule has 2 aliphatic rings. The second kappa shape index (κ2) is 7.79. The van der Waals surface area contributed by atoms with Crippen molar-refractivity contribution in [1.82, 2.24) is 10.2 Å². The van der Waals surface area contributed by atoms with Crippen LogP contribution < -0.4 is 10.1 Å². The highest BCUT2D eigenvalue weighted by atomic mass is 16.5. The lowest BCUT2D eigenvalue weighted by Gasteiger charge is -2.17. The monoisotopic (exact) mass is 318 g/mol. The Morgan fingerprint density at radius 2 is 2.17 bits per heavy atom. The van der Waals surface area contributed by atoms with Gasteiger partial charge in [0, 0.05) is 25.3 Å². The molecule has 0 bridgehead atoms. The Morgan fingerprint density at radius 3 is 2.87 bits per heavy atom. The van der Waals surface area contributed by atoms with Gasteiger partial charge in [0.05, 0.1) is 6.10 Å². The van der Waals surface area contributed by atoms with Gasteiger partial charge in [-0.15, -0.1) is 0 Å². The Morgan fingerprint density at radius 1 is 1.35 bits per heavy atom. The number of rotatable bonds is 6. The van der Waals surface area contributed by atoms with Crippen LogP contribution in [0.25, 0.3) is 0 Å². The highest BCUT2D eigenvalue weighted by molar-refractivity contribution is 5.94. The van der Waals surface area contributed by atoms with Gasteiger partial charge < -0.3 is 19.7 Å². The Labute approximate surface area is 137 Å². The van der Waals surface area contributed by atoms with Gasteiger partial charge in [0.15, 0.2) is 0 Å². The molecule has 1 N–H and O–H groups in total. The predicted molar refractivity (Wildman–Crippen MR) is 88.8 cm³/mol. The van der Waals surface area contributed by atoms with Crippen LogP contribution in [0.3, 0.4) is 0 Å². The summed E-state index contributed by atoms with van der Waals surface area (Å²) < 4.78 is 11.3. The number of nitrogens with zero attached hydrogens (tertiary/aromatic N) is 1. The minimum absolute atomic E-state index is 0.120. The molecular weight excluding hydrogens is 292 g/mol. The molecule has 0 saturated carbocycles. The zero-order valence-electron chi connectivity index (χ0n) is 13.8. The van der Waals surface area contributed by atoms with E-state index in [0.717, 1.165) is 56.8 Å². The maximum Gasteiger partial charge on any atom is 0.253 e. The number of carbonyl (C=O) groups is 1. The summed E-state index contributed by atoms with van der Waals surface area (Å²) in [5, 5.41) is 3.19. The van der Waals surface area contributed by atoms with Crippen LogP contribution >= 0.6 is 0 Å². The first-order chi connectivity index (χ1) is 11.3. The normalized spacial score (nSPS) is 24.1. The summed E-state index contributed by atoms with van der Waals surface area (Å²) in [5.41, 5.74) is 0.736. The maximum absolute atomic E-state index is 12.5. The second-order valence-corrected chi connectivity index (χ2v) is 6.43. The van der Waals surface area contributed by atoms with Crippen molar-refractivity contribution in [1.29, 1.82) is 0 Å². The van der Waals surface area contributed by atoms with Crippen molar-refractivity contribution in [2.45, 2.75) is 25.4 Å². The summed E-state index contributed by atoms with van der Waals surface area (Å²) in [7, 11) is 1.96. The Hall–Kier alpha value is -1.59. The van der Waals surface area contributed by atoms with Crippen molar-refractivity contribution in [3.05, 3.63) is 29.8 Å². The van der Waals surface area contributed by atoms with Crippen LogP contribution in [0.5, 0.6) is 5.75 Å². The number of hydrogen-bond acceptors (Lipinski definition) is 4. The van der Waals surface area contributed by atoms with E-state index in [2.05, 4.69) is 5.32 Å². The molecule has 2 unspecified atom stereocenters. The molecule has 0 spiro atoms. The Balaban J connectivity index is 1.51. The summed E-state index contributed by atoms with van der Waals surface area (Å²) in [6.07, 6.45) is 3.48. The van der Waals surface area contributed by atoms with Gasteiger partial charge in [0.25, 0.3) is 5.91 Å².